The zero-order chi connectivity index (χ0) is 16.2. The first-order valence-corrected chi connectivity index (χ1v) is 9.24. The number of nitrogens with zero attached hydrogens (tertiary/aromatic N) is 1. The van der Waals surface area contributed by atoms with Crippen LogP contribution in [0.15, 0.2) is 24.3 Å². The molecule has 0 atom stereocenters. The fraction of sp³-hybridized carbons (Fsp3) is 0.474. The van der Waals surface area contributed by atoms with E-state index in [4.69, 9.17) is 4.98 Å². The smallest absolute Gasteiger partial charge is 0.220 e. The van der Waals surface area contributed by atoms with Crippen LogP contribution in [0.5, 0.6) is 0 Å². The number of carbonyl (C=O) groups is 1. The summed E-state index contributed by atoms with van der Waals surface area (Å²) in [5, 5.41) is 4.12. The number of carbonyl (C=O) groups excluding carboxylic acids is 1. The van der Waals surface area contributed by atoms with Crippen LogP contribution < -0.4 is 5.32 Å². The van der Waals surface area contributed by atoms with E-state index in [1.165, 1.54) is 36.8 Å². The Bertz CT molecular complexity index is 686. The molecule has 0 bridgehead atoms. The highest BCUT2D eigenvalue weighted by atomic mass is 32.1. The van der Waals surface area contributed by atoms with E-state index in [0.29, 0.717) is 18.9 Å². The molecule has 1 heterocycles. The predicted octanol–water partition coefficient (Wildman–Crippen LogP) is 4.62. The van der Waals surface area contributed by atoms with Gasteiger partial charge in [-0.25, -0.2) is 4.98 Å². The molecule has 1 N–H and O–H groups in total. The first-order chi connectivity index (χ1) is 11.1. The number of hydrogen-bond acceptors (Lipinski definition) is 3. The summed E-state index contributed by atoms with van der Waals surface area (Å²) in [5.41, 5.74) is 3.44. The molecule has 0 radical (unpaired) electrons. The molecule has 1 aliphatic carbocycles. The lowest BCUT2D eigenvalue weighted by atomic mass is 10.0. The summed E-state index contributed by atoms with van der Waals surface area (Å²) in [6, 6.07) is 8.30. The first kappa shape index (κ1) is 16.2. The number of aromatic nitrogens is 1. The van der Waals surface area contributed by atoms with Crippen molar-refractivity contribution in [3.8, 4) is 10.6 Å². The quantitative estimate of drug-likeness (QED) is 0.870. The Labute approximate surface area is 142 Å². The minimum Gasteiger partial charge on any atom is -0.351 e. The molecule has 3 nitrogen and oxygen atoms in total. The van der Waals surface area contributed by atoms with Gasteiger partial charge in [0.15, 0.2) is 0 Å². The number of rotatable bonds is 5. The third kappa shape index (κ3) is 3.99. The van der Waals surface area contributed by atoms with Gasteiger partial charge in [-0.3, -0.25) is 4.79 Å². The van der Waals surface area contributed by atoms with Crippen molar-refractivity contribution in [3.63, 3.8) is 0 Å². The zero-order valence-electron chi connectivity index (χ0n) is 13.9. The third-order valence-corrected chi connectivity index (χ3v) is 5.85. The van der Waals surface area contributed by atoms with Crippen LogP contribution in [0.2, 0.25) is 0 Å². The fourth-order valence-corrected chi connectivity index (χ4v) is 4.34. The van der Waals surface area contributed by atoms with Gasteiger partial charge in [-0.1, -0.05) is 37.1 Å². The molecule has 0 unspecified atom stereocenters. The lowest BCUT2D eigenvalue weighted by molar-refractivity contribution is -0.122. The highest BCUT2D eigenvalue weighted by molar-refractivity contribution is 7.15. The number of nitrogens with one attached hydrogen (secondary N) is 1. The van der Waals surface area contributed by atoms with E-state index < -0.39 is 0 Å². The molecule has 0 spiro atoms. The van der Waals surface area contributed by atoms with Gasteiger partial charge in [0.2, 0.25) is 5.91 Å². The largest absolute Gasteiger partial charge is 0.351 e. The zero-order valence-corrected chi connectivity index (χ0v) is 14.7. The summed E-state index contributed by atoms with van der Waals surface area (Å²) >= 11 is 1.69. The predicted molar refractivity (Wildman–Crippen MR) is 95.4 cm³/mol. The van der Waals surface area contributed by atoms with Crippen molar-refractivity contribution >= 4 is 17.2 Å². The first-order valence-electron chi connectivity index (χ1n) is 8.42. The van der Waals surface area contributed by atoms with Gasteiger partial charge >= 0.3 is 0 Å². The molecule has 23 heavy (non-hydrogen) atoms. The minimum absolute atomic E-state index is 0.183. The standard InChI is InChI=1S/C19H24N2OS/c1-13-7-3-6-10-16(13)19-21-14(2)17(23-19)12-20-18(22)11-15-8-4-5-9-15/h3,6-7,10,15H,4-5,8-9,11-12H2,1-2H3,(H,20,22). The Morgan fingerprint density at radius 3 is 2.74 bits per heavy atom. The monoisotopic (exact) mass is 328 g/mol. The van der Waals surface area contributed by atoms with Crippen LogP contribution in [0.4, 0.5) is 0 Å². The Kier molecular flexibility index (Phi) is 5.11. The lowest BCUT2D eigenvalue weighted by Crippen LogP contribution is -2.24. The van der Waals surface area contributed by atoms with Gasteiger partial charge in [-0.2, -0.15) is 0 Å². The van der Waals surface area contributed by atoms with Crippen molar-refractivity contribution in [1.29, 1.82) is 0 Å². The van der Waals surface area contributed by atoms with Gasteiger partial charge < -0.3 is 5.32 Å². The molecule has 1 saturated carbocycles. The van der Waals surface area contributed by atoms with Crippen LogP contribution in [-0.2, 0) is 11.3 Å². The molecule has 3 rings (SSSR count). The summed E-state index contributed by atoms with van der Waals surface area (Å²) in [7, 11) is 0. The highest BCUT2D eigenvalue weighted by Crippen LogP contribution is 2.30. The van der Waals surface area contributed by atoms with E-state index in [2.05, 4.69) is 24.4 Å². The van der Waals surface area contributed by atoms with E-state index in [9.17, 15) is 4.79 Å². The minimum atomic E-state index is 0.183. The molecule has 122 valence electrons. The SMILES string of the molecule is Cc1ccccc1-c1nc(C)c(CNC(=O)CC2CCCC2)s1. The average Bonchev–Trinajstić information content (AvgIpc) is 3.15. The number of hydrogen-bond donors (Lipinski definition) is 1. The molecule has 1 aromatic carbocycles. The van der Waals surface area contributed by atoms with Crippen molar-refractivity contribution in [2.45, 2.75) is 52.5 Å². The summed E-state index contributed by atoms with van der Waals surface area (Å²) in [6.45, 7) is 4.73. The Morgan fingerprint density at radius 2 is 2.00 bits per heavy atom. The molecule has 0 aliphatic heterocycles. The van der Waals surface area contributed by atoms with Crippen molar-refractivity contribution < 1.29 is 4.79 Å². The highest BCUT2D eigenvalue weighted by Gasteiger charge is 2.18. The van der Waals surface area contributed by atoms with Crippen LogP contribution >= 0.6 is 11.3 Å². The molecule has 2 aromatic rings. The van der Waals surface area contributed by atoms with Crippen molar-refractivity contribution in [3.05, 3.63) is 40.4 Å². The number of amides is 1. The second-order valence-corrected chi connectivity index (χ2v) is 7.56. The molecule has 1 aromatic heterocycles. The van der Waals surface area contributed by atoms with E-state index in [1.807, 2.05) is 19.1 Å². The average molecular weight is 328 g/mol. The molecule has 0 saturated heterocycles. The van der Waals surface area contributed by atoms with E-state index in [-0.39, 0.29) is 5.91 Å². The van der Waals surface area contributed by atoms with Gasteiger partial charge in [-0.05, 0) is 38.2 Å². The van der Waals surface area contributed by atoms with E-state index in [1.54, 1.807) is 11.3 Å². The molecular formula is C19H24N2OS. The normalized spacial score (nSPS) is 15.0. The van der Waals surface area contributed by atoms with Gasteiger partial charge in [0.25, 0.3) is 0 Å². The Hall–Kier alpha value is -1.68. The van der Waals surface area contributed by atoms with Crippen molar-refractivity contribution in [1.82, 2.24) is 10.3 Å². The second kappa shape index (κ2) is 7.26. The van der Waals surface area contributed by atoms with Crippen LogP contribution in [0.25, 0.3) is 10.6 Å². The van der Waals surface area contributed by atoms with E-state index in [0.717, 1.165) is 15.6 Å². The topological polar surface area (TPSA) is 42.0 Å². The van der Waals surface area contributed by atoms with Gasteiger partial charge in [0.1, 0.15) is 5.01 Å². The van der Waals surface area contributed by atoms with Gasteiger partial charge in [0, 0.05) is 16.9 Å². The van der Waals surface area contributed by atoms with Crippen LogP contribution in [0.3, 0.4) is 0 Å². The maximum atomic E-state index is 12.1. The Morgan fingerprint density at radius 1 is 1.26 bits per heavy atom. The Balaban J connectivity index is 1.62. The molecule has 1 fully saturated rings. The summed E-state index contributed by atoms with van der Waals surface area (Å²) in [5.74, 6) is 0.780. The summed E-state index contributed by atoms with van der Waals surface area (Å²) < 4.78 is 0. The summed E-state index contributed by atoms with van der Waals surface area (Å²) in [6.07, 6.45) is 5.68. The fourth-order valence-electron chi connectivity index (χ4n) is 3.25. The van der Waals surface area contributed by atoms with Crippen LogP contribution in [0, 0.1) is 19.8 Å². The number of thiazole rings is 1. The molecular weight excluding hydrogens is 304 g/mol. The summed E-state index contributed by atoms with van der Waals surface area (Å²) in [4.78, 5) is 17.9. The molecule has 1 aliphatic rings. The maximum Gasteiger partial charge on any atom is 0.220 e. The van der Waals surface area contributed by atoms with Crippen molar-refractivity contribution in [2.75, 3.05) is 0 Å². The maximum absolute atomic E-state index is 12.1. The lowest BCUT2D eigenvalue weighted by Gasteiger charge is -2.08. The van der Waals surface area contributed by atoms with Gasteiger partial charge in [0.05, 0.1) is 12.2 Å². The number of aryl methyl sites for hydroxylation is 2. The van der Waals surface area contributed by atoms with Crippen molar-refractivity contribution in [2.24, 2.45) is 5.92 Å². The number of benzene rings is 1. The van der Waals surface area contributed by atoms with Crippen LogP contribution in [0.1, 0.15) is 48.2 Å². The third-order valence-electron chi connectivity index (χ3n) is 4.66. The molecule has 1 amide bonds. The molecule has 4 heteroatoms. The van der Waals surface area contributed by atoms with Crippen LogP contribution in [-0.4, -0.2) is 10.9 Å². The van der Waals surface area contributed by atoms with Gasteiger partial charge in [-0.15, -0.1) is 11.3 Å². The van der Waals surface area contributed by atoms with E-state index >= 15 is 0 Å². The second-order valence-electron chi connectivity index (χ2n) is 6.47.